The maximum Gasteiger partial charge on any atom is 0.139 e. The zero-order chi connectivity index (χ0) is 11.4. The van der Waals surface area contributed by atoms with Gasteiger partial charge in [0.15, 0.2) is 0 Å². The van der Waals surface area contributed by atoms with Gasteiger partial charge < -0.3 is 10.1 Å². The molecular formula is C12H15BrClNO. The molecule has 2 rings (SSSR count). The van der Waals surface area contributed by atoms with Crippen LogP contribution >= 0.6 is 27.5 Å². The Bertz CT molecular complexity index is 353. The molecule has 0 saturated carbocycles. The molecule has 1 N–H and O–H groups in total. The third-order valence-corrected chi connectivity index (χ3v) is 3.63. The summed E-state index contributed by atoms with van der Waals surface area (Å²) in [4.78, 5) is 0. The van der Waals surface area contributed by atoms with Crippen molar-refractivity contribution in [1.82, 2.24) is 5.32 Å². The van der Waals surface area contributed by atoms with Crippen LogP contribution in [0.25, 0.3) is 0 Å². The molecule has 0 spiro atoms. The minimum atomic E-state index is 0.649. The number of hydrogen-bond donors (Lipinski definition) is 1. The van der Waals surface area contributed by atoms with Crippen molar-refractivity contribution in [3.05, 3.63) is 27.7 Å². The van der Waals surface area contributed by atoms with Crippen LogP contribution in [0.15, 0.2) is 22.7 Å². The van der Waals surface area contributed by atoms with Crippen molar-refractivity contribution < 1.29 is 4.74 Å². The number of piperidine rings is 1. The molecule has 1 fully saturated rings. The molecule has 1 heterocycles. The van der Waals surface area contributed by atoms with Crippen molar-refractivity contribution in [3.8, 4) is 5.75 Å². The van der Waals surface area contributed by atoms with Crippen LogP contribution in [0.3, 0.4) is 0 Å². The van der Waals surface area contributed by atoms with Crippen LogP contribution in [-0.4, -0.2) is 19.7 Å². The van der Waals surface area contributed by atoms with Crippen LogP contribution in [0, 0.1) is 5.92 Å². The van der Waals surface area contributed by atoms with E-state index in [-0.39, 0.29) is 0 Å². The zero-order valence-electron chi connectivity index (χ0n) is 9.01. The van der Waals surface area contributed by atoms with Crippen LogP contribution in [0.5, 0.6) is 5.75 Å². The molecule has 0 aromatic heterocycles. The van der Waals surface area contributed by atoms with Crippen molar-refractivity contribution in [2.75, 3.05) is 19.7 Å². The molecule has 0 amide bonds. The Balaban J connectivity index is 1.90. The summed E-state index contributed by atoms with van der Waals surface area (Å²) in [6.45, 7) is 2.96. The molecular weight excluding hydrogens is 289 g/mol. The Morgan fingerprint density at radius 2 is 2.12 bits per heavy atom. The van der Waals surface area contributed by atoms with E-state index < -0.39 is 0 Å². The van der Waals surface area contributed by atoms with Crippen LogP contribution in [-0.2, 0) is 0 Å². The fourth-order valence-corrected chi connectivity index (χ4v) is 2.36. The van der Waals surface area contributed by atoms with Crippen molar-refractivity contribution in [2.45, 2.75) is 12.8 Å². The maximum absolute atomic E-state index is 6.06. The Morgan fingerprint density at radius 3 is 2.88 bits per heavy atom. The van der Waals surface area contributed by atoms with Gasteiger partial charge in [0.25, 0.3) is 0 Å². The van der Waals surface area contributed by atoms with Gasteiger partial charge in [-0.25, -0.2) is 0 Å². The van der Waals surface area contributed by atoms with Gasteiger partial charge in [0, 0.05) is 4.47 Å². The van der Waals surface area contributed by atoms with Crippen molar-refractivity contribution in [3.63, 3.8) is 0 Å². The molecule has 0 aliphatic carbocycles. The first-order chi connectivity index (χ1) is 7.75. The number of halogens is 2. The summed E-state index contributed by atoms with van der Waals surface area (Å²) in [5, 5.41) is 4.02. The second-order valence-electron chi connectivity index (χ2n) is 4.08. The fraction of sp³-hybridized carbons (Fsp3) is 0.500. The molecule has 0 unspecified atom stereocenters. The molecule has 0 radical (unpaired) electrons. The molecule has 2 nitrogen and oxygen atoms in total. The van der Waals surface area contributed by atoms with Gasteiger partial charge in [-0.05, 0) is 50.0 Å². The first-order valence-electron chi connectivity index (χ1n) is 5.54. The van der Waals surface area contributed by atoms with Gasteiger partial charge in [-0.15, -0.1) is 0 Å². The van der Waals surface area contributed by atoms with E-state index in [0.717, 1.165) is 29.9 Å². The van der Waals surface area contributed by atoms with Crippen molar-refractivity contribution >= 4 is 27.5 Å². The predicted molar refractivity (Wildman–Crippen MR) is 70.2 cm³/mol. The van der Waals surface area contributed by atoms with Gasteiger partial charge in [0.2, 0.25) is 0 Å². The van der Waals surface area contributed by atoms with E-state index >= 15 is 0 Å². The average Bonchev–Trinajstić information content (AvgIpc) is 2.32. The Morgan fingerprint density at radius 1 is 1.38 bits per heavy atom. The molecule has 88 valence electrons. The molecule has 0 atom stereocenters. The summed E-state index contributed by atoms with van der Waals surface area (Å²) in [6, 6.07) is 5.69. The highest BCUT2D eigenvalue weighted by Crippen LogP contribution is 2.28. The average molecular weight is 305 g/mol. The van der Waals surface area contributed by atoms with E-state index in [2.05, 4.69) is 21.2 Å². The molecule has 1 aliphatic heterocycles. The number of hydrogen-bond acceptors (Lipinski definition) is 2. The molecule has 4 heteroatoms. The second-order valence-corrected chi connectivity index (χ2v) is 5.40. The molecule has 1 aliphatic rings. The van der Waals surface area contributed by atoms with Gasteiger partial charge in [-0.2, -0.15) is 0 Å². The summed E-state index contributed by atoms with van der Waals surface area (Å²) in [6.07, 6.45) is 2.37. The van der Waals surface area contributed by atoms with Crippen molar-refractivity contribution in [1.29, 1.82) is 0 Å². The monoisotopic (exact) mass is 303 g/mol. The van der Waals surface area contributed by atoms with Gasteiger partial charge in [-0.3, -0.25) is 0 Å². The Kier molecular flexibility index (Phi) is 4.50. The second kappa shape index (κ2) is 5.89. The third-order valence-electron chi connectivity index (χ3n) is 2.83. The molecule has 1 aromatic carbocycles. The normalized spacial score (nSPS) is 17.4. The van der Waals surface area contributed by atoms with Gasteiger partial charge >= 0.3 is 0 Å². The smallest absolute Gasteiger partial charge is 0.139 e. The van der Waals surface area contributed by atoms with Gasteiger partial charge in [0.05, 0.1) is 11.6 Å². The Labute approximate surface area is 109 Å². The summed E-state index contributed by atoms with van der Waals surface area (Å²) >= 11 is 9.47. The van der Waals surface area contributed by atoms with Crippen LogP contribution < -0.4 is 10.1 Å². The molecule has 1 saturated heterocycles. The van der Waals surface area contributed by atoms with Crippen LogP contribution in [0.1, 0.15) is 12.8 Å². The Hall–Kier alpha value is -0.250. The van der Waals surface area contributed by atoms with Crippen LogP contribution in [0.4, 0.5) is 0 Å². The lowest BCUT2D eigenvalue weighted by Crippen LogP contribution is -2.30. The third kappa shape index (κ3) is 3.37. The maximum atomic E-state index is 6.06. The number of benzene rings is 1. The SMILES string of the molecule is Clc1ccc(Br)cc1OCC1CCNCC1. The largest absolute Gasteiger partial charge is 0.492 e. The fourth-order valence-electron chi connectivity index (χ4n) is 1.84. The summed E-state index contributed by atoms with van der Waals surface area (Å²) in [5.74, 6) is 1.42. The zero-order valence-corrected chi connectivity index (χ0v) is 11.4. The minimum Gasteiger partial charge on any atom is -0.492 e. The van der Waals surface area contributed by atoms with Gasteiger partial charge in [-0.1, -0.05) is 27.5 Å². The lowest BCUT2D eigenvalue weighted by Gasteiger charge is -2.22. The molecule has 0 bridgehead atoms. The van der Waals surface area contributed by atoms with Crippen molar-refractivity contribution in [2.24, 2.45) is 5.92 Å². The number of ether oxygens (including phenoxy) is 1. The van der Waals surface area contributed by atoms with Gasteiger partial charge in [0.1, 0.15) is 5.75 Å². The first-order valence-corrected chi connectivity index (χ1v) is 6.71. The van der Waals surface area contributed by atoms with E-state index in [1.54, 1.807) is 0 Å². The number of nitrogens with one attached hydrogen (secondary N) is 1. The lowest BCUT2D eigenvalue weighted by molar-refractivity contribution is 0.215. The van der Waals surface area contributed by atoms with E-state index in [9.17, 15) is 0 Å². The minimum absolute atomic E-state index is 0.649. The van der Waals surface area contributed by atoms with E-state index in [4.69, 9.17) is 16.3 Å². The van der Waals surface area contributed by atoms with Crippen LogP contribution in [0.2, 0.25) is 5.02 Å². The standard InChI is InChI=1S/C12H15BrClNO/c13-10-1-2-11(14)12(7-10)16-8-9-3-5-15-6-4-9/h1-2,7,9,15H,3-6,8H2. The first kappa shape index (κ1) is 12.2. The summed E-state index contributed by atoms with van der Waals surface area (Å²) < 4.78 is 6.76. The highest BCUT2D eigenvalue weighted by molar-refractivity contribution is 9.10. The highest BCUT2D eigenvalue weighted by Gasteiger charge is 2.14. The lowest BCUT2D eigenvalue weighted by atomic mass is 9.99. The summed E-state index contributed by atoms with van der Waals surface area (Å²) in [7, 11) is 0. The topological polar surface area (TPSA) is 21.3 Å². The highest BCUT2D eigenvalue weighted by atomic mass is 79.9. The van der Waals surface area contributed by atoms with E-state index in [1.807, 2.05) is 18.2 Å². The molecule has 16 heavy (non-hydrogen) atoms. The quantitative estimate of drug-likeness (QED) is 0.923. The summed E-state index contributed by atoms with van der Waals surface area (Å²) in [5.41, 5.74) is 0. The van der Waals surface area contributed by atoms with E-state index in [0.29, 0.717) is 10.9 Å². The predicted octanol–water partition coefficient (Wildman–Crippen LogP) is 3.48. The van der Waals surface area contributed by atoms with E-state index in [1.165, 1.54) is 12.8 Å². The molecule has 1 aromatic rings. The number of rotatable bonds is 3.